The van der Waals surface area contributed by atoms with E-state index in [9.17, 15) is 15.2 Å². The van der Waals surface area contributed by atoms with Gasteiger partial charge in [0.1, 0.15) is 0 Å². The summed E-state index contributed by atoms with van der Waals surface area (Å²) in [4.78, 5) is 10.4. The zero-order valence-corrected chi connectivity index (χ0v) is 10.2. The second-order valence-corrected chi connectivity index (χ2v) is 4.04. The van der Waals surface area contributed by atoms with E-state index in [1.807, 2.05) is 0 Å². The number of hydrogen-bond acceptors (Lipinski definition) is 5. The molecule has 0 unspecified atom stereocenters. The highest BCUT2D eigenvalue weighted by molar-refractivity contribution is 5.55. The van der Waals surface area contributed by atoms with Crippen molar-refractivity contribution >= 4 is 5.69 Å². The van der Waals surface area contributed by atoms with Crippen molar-refractivity contribution in [1.82, 2.24) is 0 Å². The molecule has 0 fully saturated rings. The molecule has 6 nitrogen and oxygen atoms in total. The summed E-state index contributed by atoms with van der Waals surface area (Å²) in [5.74, 6) is 0.599. The largest absolute Gasteiger partial charge is 0.493 e. The number of nitro benzene ring substituents is 1. The van der Waals surface area contributed by atoms with E-state index in [0.29, 0.717) is 5.75 Å². The van der Waals surface area contributed by atoms with Crippen LogP contribution < -0.4 is 9.47 Å². The molecule has 0 saturated heterocycles. The van der Waals surface area contributed by atoms with Crippen molar-refractivity contribution in [3.05, 3.63) is 27.8 Å². The fraction of sp³-hybridized carbons (Fsp3) is 0.455. The van der Waals surface area contributed by atoms with E-state index in [-0.39, 0.29) is 17.0 Å². The quantitative estimate of drug-likeness (QED) is 0.642. The Labute approximate surface area is 98.9 Å². The van der Waals surface area contributed by atoms with Gasteiger partial charge in [0.05, 0.1) is 36.4 Å². The molecule has 1 rings (SSSR count). The zero-order valence-electron chi connectivity index (χ0n) is 10.2. The van der Waals surface area contributed by atoms with Gasteiger partial charge in [0.15, 0.2) is 11.5 Å². The minimum Gasteiger partial charge on any atom is -0.493 e. The Kier molecular flexibility index (Phi) is 3.57. The van der Waals surface area contributed by atoms with E-state index in [0.717, 1.165) is 0 Å². The van der Waals surface area contributed by atoms with Gasteiger partial charge < -0.3 is 14.6 Å². The first-order chi connectivity index (χ1) is 7.81. The van der Waals surface area contributed by atoms with Crippen LogP contribution in [0.15, 0.2) is 12.1 Å². The molecule has 0 amide bonds. The predicted octanol–water partition coefficient (Wildman–Crippen LogP) is 1.84. The number of methoxy groups -OCH3 is 2. The monoisotopic (exact) mass is 241 g/mol. The maximum atomic E-state index is 10.9. The average molecular weight is 241 g/mol. The molecule has 0 aliphatic rings. The van der Waals surface area contributed by atoms with Crippen LogP contribution in [0.25, 0.3) is 0 Å². The van der Waals surface area contributed by atoms with Gasteiger partial charge in [-0.3, -0.25) is 10.1 Å². The zero-order chi connectivity index (χ0) is 13.2. The fourth-order valence-electron chi connectivity index (χ4n) is 1.51. The summed E-state index contributed by atoms with van der Waals surface area (Å²) in [6, 6.07) is 2.66. The molecule has 1 aromatic rings. The van der Waals surface area contributed by atoms with Gasteiger partial charge in [0, 0.05) is 0 Å². The molecule has 0 aliphatic carbocycles. The first-order valence-corrected chi connectivity index (χ1v) is 4.94. The molecule has 0 spiro atoms. The topological polar surface area (TPSA) is 81.8 Å². The molecule has 0 saturated carbocycles. The molecule has 0 aromatic heterocycles. The van der Waals surface area contributed by atoms with Crippen LogP contribution in [0.1, 0.15) is 19.4 Å². The van der Waals surface area contributed by atoms with Crippen molar-refractivity contribution in [2.24, 2.45) is 0 Å². The van der Waals surface area contributed by atoms with Crippen LogP contribution in [-0.4, -0.2) is 24.2 Å². The second kappa shape index (κ2) is 4.58. The van der Waals surface area contributed by atoms with Gasteiger partial charge in [-0.1, -0.05) is 0 Å². The maximum absolute atomic E-state index is 10.9. The Morgan fingerprint density at radius 3 is 2.06 bits per heavy atom. The summed E-state index contributed by atoms with van der Waals surface area (Å²) in [5, 5.41) is 20.8. The number of nitrogens with zero attached hydrogens (tertiary/aromatic N) is 1. The van der Waals surface area contributed by atoms with Crippen molar-refractivity contribution in [3.8, 4) is 11.5 Å². The van der Waals surface area contributed by atoms with Gasteiger partial charge in [-0.2, -0.15) is 0 Å². The second-order valence-electron chi connectivity index (χ2n) is 4.04. The number of benzene rings is 1. The van der Waals surface area contributed by atoms with E-state index < -0.39 is 10.5 Å². The lowest BCUT2D eigenvalue weighted by atomic mass is 9.96. The predicted molar refractivity (Wildman–Crippen MR) is 61.4 cm³/mol. The summed E-state index contributed by atoms with van der Waals surface area (Å²) in [7, 11) is 2.82. The third-order valence-corrected chi connectivity index (χ3v) is 2.36. The third kappa shape index (κ3) is 2.65. The minimum absolute atomic E-state index is 0.181. The number of nitro groups is 1. The third-order valence-electron chi connectivity index (χ3n) is 2.36. The molecule has 0 heterocycles. The first kappa shape index (κ1) is 13.2. The number of ether oxygens (including phenoxy) is 2. The van der Waals surface area contributed by atoms with E-state index >= 15 is 0 Å². The molecule has 94 valence electrons. The van der Waals surface area contributed by atoms with E-state index in [2.05, 4.69) is 0 Å². The average Bonchev–Trinajstić information content (AvgIpc) is 2.25. The molecular weight excluding hydrogens is 226 g/mol. The van der Waals surface area contributed by atoms with Gasteiger partial charge in [0.2, 0.25) is 0 Å². The smallest absolute Gasteiger partial charge is 0.279 e. The van der Waals surface area contributed by atoms with Gasteiger partial charge in [-0.15, -0.1) is 0 Å². The van der Waals surface area contributed by atoms with Crippen molar-refractivity contribution in [2.45, 2.75) is 19.4 Å². The van der Waals surface area contributed by atoms with Crippen molar-refractivity contribution in [3.63, 3.8) is 0 Å². The van der Waals surface area contributed by atoms with Crippen molar-refractivity contribution in [1.29, 1.82) is 0 Å². The van der Waals surface area contributed by atoms with Crippen LogP contribution in [0.2, 0.25) is 0 Å². The van der Waals surface area contributed by atoms with Crippen LogP contribution in [0.3, 0.4) is 0 Å². The Morgan fingerprint density at radius 2 is 1.71 bits per heavy atom. The Morgan fingerprint density at radius 1 is 1.24 bits per heavy atom. The molecule has 1 N–H and O–H groups in total. The van der Waals surface area contributed by atoms with Gasteiger partial charge in [0.25, 0.3) is 5.69 Å². The van der Waals surface area contributed by atoms with Crippen LogP contribution in [0.4, 0.5) is 5.69 Å². The van der Waals surface area contributed by atoms with E-state index in [4.69, 9.17) is 9.47 Å². The summed E-state index contributed by atoms with van der Waals surface area (Å²) < 4.78 is 10.0. The highest BCUT2D eigenvalue weighted by Gasteiger charge is 2.29. The summed E-state index contributed by atoms with van der Waals surface area (Å²) >= 11 is 0. The molecule has 17 heavy (non-hydrogen) atoms. The summed E-state index contributed by atoms with van der Waals surface area (Å²) in [6.45, 7) is 2.95. The van der Waals surface area contributed by atoms with Crippen LogP contribution in [-0.2, 0) is 5.60 Å². The van der Waals surface area contributed by atoms with Crippen molar-refractivity contribution in [2.75, 3.05) is 14.2 Å². The standard InChI is InChI=1S/C11H15NO5/c1-11(2,13)7-5-9(16-3)10(17-4)6-8(7)12(14)15/h5-6,13H,1-4H3. The van der Waals surface area contributed by atoms with E-state index in [1.54, 1.807) is 0 Å². The highest BCUT2D eigenvalue weighted by atomic mass is 16.6. The molecule has 6 heteroatoms. The van der Waals surface area contributed by atoms with Gasteiger partial charge in [-0.05, 0) is 19.9 Å². The lowest BCUT2D eigenvalue weighted by Crippen LogP contribution is -2.18. The normalized spacial score (nSPS) is 11.1. The van der Waals surface area contributed by atoms with Gasteiger partial charge in [-0.25, -0.2) is 0 Å². The molecule has 0 bridgehead atoms. The minimum atomic E-state index is -1.33. The first-order valence-electron chi connectivity index (χ1n) is 4.94. The molecule has 1 aromatic carbocycles. The van der Waals surface area contributed by atoms with Crippen LogP contribution in [0.5, 0.6) is 11.5 Å². The number of rotatable bonds is 4. The van der Waals surface area contributed by atoms with Crippen LogP contribution >= 0.6 is 0 Å². The lowest BCUT2D eigenvalue weighted by Gasteiger charge is -2.19. The fourth-order valence-corrected chi connectivity index (χ4v) is 1.51. The van der Waals surface area contributed by atoms with Crippen LogP contribution in [0, 0.1) is 10.1 Å². The molecule has 0 radical (unpaired) electrons. The Hall–Kier alpha value is -1.82. The molecular formula is C11H15NO5. The molecule has 0 aliphatic heterocycles. The Bertz CT molecular complexity index is 436. The SMILES string of the molecule is COc1cc([N+](=O)[O-])c(C(C)(C)O)cc1OC. The number of hydrogen-bond donors (Lipinski definition) is 1. The van der Waals surface area contributed by atoms with Crippen molar-refractivity contribution < 1.29 is 19.5 Å². The Balaban J connectivity index is 3.52. The molecule has 0 atom stereocenters. The lowest BCUT2D eigenvalue weighted by molar-refractivity contribution is -0.386. The summed E-state index contributed by atoms with van der Waals surface area (Å²) in [6.07, 6.45) is 0. The van der Waals surface area contributed by atoms with E-state index in [1.165, 1.54) is 40.2 Å². The maximum Gasteiger partial charge on any atom is 0.279 e. The van der Waals surface area contributed by atoms with Gasteiger partial charge >= 0.3 is 0 Å². The number of aliphatic hydroxyl groups is 1. The summed E-state index contributed by atoms with van der Waals surface area (Å²) in [5.41, 5.74) is -1.35. The highest BCUT2D eigenvalue weighted by Crippen LogP contribution is 2.38.